The number of aliphatic hydroxyl groups excluding tert-OH is 2. The monoisotopic (exact) mass is 492 g/mol. The fourth-order valence-electron chi connectivity index (χ4n) is 4.72. The predicted molar refractivity (Wildman–Crippen MR) is 143 cm³/mol. The van der Waals surface area contributed by atoms with Gasteiger partial charge in [-0.05, 0) is 36.2 Å². The highest BCUT2D eigenvalue weighted by Gasteiger charge is 2.17. The Morgan fingerprint density at radius 1 is 0.889 bits per heavy atom. The largest absolute Gasteiger partial charge is 0.493 e. The van der Waals surface area contributed by atoms with Gasteiger partial charge in [0.1, 0.15) is 6.61 Å². The number of benzene rings is 3. The molecule has 1 aromatic heterocycles. The van der Waals surface area contributed by atoms with Crippen LogP contribution in [0.1, 0.15) is 12.0 Å². The highest BCUT2D eigenvalue weighted by atomic mass is 16.5. The van der Waals surface area contributed by atoms with Gasteiger partial charge >= 0.3 is 0 Å². The number of methoxy groups -OCH3 is 2. The summed E-state index contributed by atoms with van der Waals surface area (Å²) in [6.07, 6.45) is 0.0497. The topological polar surface area (TPSA) is 76.3 Å². The molecular weight excluding hydrogens is 456 g/mol. The van der Waals surface area contributed by atoms with Crippen molar-refractivity contribution in [3.63, 3.8) is 0 Å². The second kappa shape index (κ2) is 12.7. The first-order valence-electron chi connectivity index (χ1n) is 12.4. The lowest BCUT2D eigenvalue weighted by Gasteiger charge is -2.26. The molecule has 0 saturated carbocycles. The van der Waals surface area contributed by atoms with Crippen molar-refractivity contribution >= 4 is 21.8 Å². The molecule has 0 aliphatic heterocycles. The van der Waals surface area contributed by atoms with Gasteiger partial charge in [0.25, 0.3) is 0 Å². The van der Waals surface area contributed by atoms with Gasteiger partial charge in [-0.15, -0.1) is 0 Å². The van der Waals surface area contributed by atoms with Gasteiger partial charge in [0.15, 0.2) is 11.5 Å². The zero-order valence-corrected chi connectivity index (χ0v) is 21.1. The number of hydrogen-bond acceptors (Lipinski definition) is 6. The average Bonchev–Trinajstić information content (AvgIpc) is 3.21. The van der Waals surface area contributed by atoms with Crippen molar-refractivity contribution in [3.8, 4) is 11.5 Å². The van der Waals surface area contributed by atoms with Crippen molar-refractivity contribution in [3.05, 3.63) is 72.3 Å². The Morgan fingerprint density at radius 2 is 1.58 bits per heavy atom. The molecule has 0 saturated heterocycles. The van der Waals surface area contributed by atoms with Crippen LogP contribution in [0, 0.1) is 0 Å². The molecule has 0 spiro atoms. The Bertz CT molecular complexity index is 1200. The first kappa shape index (κ1) is 26.0. The van der Waals surface area contributed by atoms with Gasteiger partial charge in [-0.3, -0.25) is 4.90 Å². The summed E-state index contributed by atoms with van der Waals surface area (Å²) in [7, 11) is 3.26. The Labute approximate surface area is 212 Å². The molecule has 36 heavy (non-hydrogen) atoms. The summed E-state index contributed by atoms with van der Waals surface area (Å²) in [6.45, 7) is 3.28. The van der Waals surface area contributed by atoms with Crippen molar-refractivity contribution in [2.75, 3.05) is 47.1 Å². The van der Waals surface area contributed by atoms with E-state index in [0.29, 0.717) is 57.3 Å². The van der Waals surface area contributed by atoms with Crippen molar-refractivity contribution in [1.29, 1.82) is 0 Å². The van der Waals surface area contributed by atoms with Crippen LogP contribution in [-0.4, -0.2) is 72.9 Å². The number of para-hydroxylation sites is 2. The summed E-state index contributed by atoms with van der Waals surface area (Å²) < 4.78 is 18.6. The van der Waals surface area contributed by atoms with E-state index in [4.69, 9.17) is 14.2 Å². The first-order valence-corrected chi connectivity index (χ1v) is 12.4. The third-order valence-corrected chi connectivity index (χ3v) is 6.35. The van der Waals surface area contributed by atoms with Crippen LogP contribution in [0.3, 0.4) is 0 Å². The van der Waals surface area contributed by atoms with Crippen LogP contribution in [0.25, 0.3) is 21.8 Å². The number of nitrogens with zero attached hydrogens (tertiary/aromatic N) is 2. The van der Waals surface area contributed by atoms with Crippen LogP contribution >= 0.6 is 0 Å². The second-order valence-electron chi connectivity index (χ2n) is 8.94. The molecule has 3 aromatic carbocycles. The lowest BCUT2D eigenvalue weighted by molar-refractivity contribution is 0.0920. The SMILES string of the molecule is COCCOc1cc(CN(CCCO)CC(O)Cn2c3ccccc3c3ccccc32)ccc1OC. The normalized spacial score (nSPS) is 12.5. The molecule has 4 rings (SSSR count). The molecule has 0 aliphatic rings. The summed E-state index contributed by atoms with van der Waals surface area (Å²) >= 11 is 0. The Morgan fingerprint density at radius 3 is 2.22 bits per heavy atom. The molecule has 4 aromatic rings. The highest BCUT2D eigenvalue weighted by Crippen LogP contribution is 2.30. The van der Waals surface area contributed by atoms with Crippen molar-refractivity contribution in [2.24, 2.45) is 0 Å². The minimum absolute atomic E-state index is 0.105. The molecule has 0 aliphatic carbocycles. The molecule has 0 radical (unpaired) electrons. The van der Waals surface area contributed by atoms with Crippen LogP contribution < -0.4 is 9.47 Å². The average molecular weight is 493 g/mol. The Kier molecular flexibility index (Phi) is 9.19. The van der Waals surface area contributed by atoms with Gasteiger partial charge < -0.3 is 29.0 Å². The maximum absolute atomic E-state index is 11.2. The van der Waals surface area contributed by atoms with Crippen LogP contribution in [0.4, 0.5) is 0 Å². The second-order valence-corrected chi connectivity index (χ2v) is 8.94. The molecule has 2 N–H and O–H groups in total. The van der Waals surface area contributed by atoms with Gasteiger partial charge in [-0.25, -0.2) is 0 Å². The van der Waals surface area contributed by atoms with Gasteiger partial charge in [0, 0.05) is 55.2 Å². The van der Waals surface area contributed by atoms with Gasteiger partial charge in [-0.1, -0.05) is 42.5 Å². The molecule has 0 fully saturated rings. The number of aliphatic hydroxyl groups is 2. The number of hydrogen-bond donors (Lipinski definition) is 2. The number of aromatic nitrogens is 1. The van der Waals surface area contributed by atoms with E-state index in [-0.39, 0.29) is 6.61 Å². The molecule has 7 nitrogen and oxygen atoms in total. The van der Waals surface area contributed by atoms with E-state index < -0.39 is 6.10 Å². The molecule has 1 atom stereocenters. The summed E-state index contributed by atoms with van der Waals surface area (Å²) in [6, 6.07) is 22.5. The Balaban J connectivity index is 1.51. The van der Waals surface area contributed by atoms with Gasteiger partial charge in [0.05, 0.1) is 26.4 Å². The van der Waals surface area contributed by atoms with Crippen LogP contribution in [0.5, 0.6) is 11.5 Å². The zero-order chi connectivity index (χ0) is 25.3. The van der Waals surface area contributed by atoms with Gasteiger partial charge in [-0.2, -0.15) is 0 Å². The lowest BCUT2D eigenvalue weighted by atomic mass is 10.1. The summed E-state index contributed by atoms with van der Waals surface area (Å²) in [4.78, 5) is 2.18. The third-order valence-electron chi connectivity index (χ3n) is 6.35. The van der Waals surface area contributed by atoms with Crippen LogP contribution in [-0.2, 0) is 17.8 Å². The standard InChI is InChI=1S/C29H36N2O5/c1-34-16-17-36-29-18-22(12-13-28(29)35-2)19-30(14-7-15-32)20-23(33)21-31-26-10-5-3-8-24(26)25-9-4-6-11-27(25)31/h3-6,8-13,18,23,32-33H,7,14-17,19-21H2,1-2H3. The molecule has 0 bridgehead atoms. The van der Waals surface area contributed by atoms with Crippen molar-refractivity contribution in [2.45, 2.75) is 25.6 Å². The fraction of sp³-hybridized carbons (Fsp3) is 0.379. The number of rotatable bonds is 14. The van der Waals surface area contributed by atoms with E-state index in [1.165, 1.54) is 10.8 Å². The Hall–Kier alpha value is -3.10. The third kappa shape index (κ3) is 6.17. The maximum Gasteiger partial charge on any atom is 0.161 e. The number of ether oxygens (including phenoxy) is 3. The number of fused-ring (bicyclic) bond motifs is 3. The zero-order valence-electron chi connectivity index (χ0n) is 21.1. The van der Waals surface area contributed by atoms with E-state index in [1.54, 1.807) is 14.2 Å². The first-order chi connectivity index (χ1) is 17.6. The van der Waals surface area contributed by atoms with Crippen molar-refractivity contribution in [1.82, 2.24) is 9.47 Å². The highest BCUT2D eigenvalue weighted by molar-refractivity contribution is 6.07. The minimum Gasteiger partial charge on any atom is -0.493 e. The quantitative estimate of drug-likeness (QED) is 0.259. The molecular formula is C29H36N2O5. The summed E-state index contributed by atoms with van der Waals surface area (Å²) in [5.74, 6) is 1.34. The minimum atomic E-state index is -0.585. The van der Waals surface area contributed by atoms with Crippen LogP contribution in [0.2, 0.25) is 0 Å². The molecule has 0 amide bonds. The summed E-state index contributed by atoms with van der Waals surface area (Å²) in [5, 5.41) is 23.0. The lowest BCUT2D eigenvalue weighted by Crippen LogP contribution is -2.35. The van der Waals surface area contributed by atoms with Gasteiger partial charge in [0.2, 0.25) is 0 Å². The predicted octanol–water partition coefficient (Wildman–Crippen LogP) is 4.07. The molecule has 1 unspecified atom stereocenters. The molecule has 192 valence electrons. The smallest absolute Gasteiger partial charge is 0.161 e. The molecule has 7 heteroatoms. The van der Waals surface area contributed by atoms with E-state index in [1.807, 2.05) is 42.5 Å². The van der Waals surface area contributed by atoms with E-state index in [9.17, 15) is 10.2 Å². The van der Waals surface area contributed by atoms with E-state index >= 15 is 0 Å². The fourth-order valence-corrected chi connectivity index (χ4v) is 4.72. The van der Waals surface area contributed by atoms with E-state index in [2.05, 4.69) is 33.7 Å². The maximum atomic E-state index is 11.2. The summed E-state index contributed by atoms with van der Waals surface area (Å²) in [5.41, 5.74) is 3.28. The van der Waals surface area contributed by atoms with Crippen LogP contribution in [0.15, 0.2) is 66.7 Å². The van der Waals surface area contributed by atoms with E-state index in [0.717, 1.165) is 16.6 Å². The molecule has 1 heterocycles. The van der Waals surface area contributed by atoms with Crippen molar-refractivity contribution < 1.29 is 24.4 Å².